The molecule has 0 aliphatic carbocycles. The number of hydrogen-bond donors (Lipinski definition) is 0. The summed E-state index contributed by atoms with van der Waals surface area (Å²) < 4.78 is 16.7. The summed E-state index contributed by atoms with van der Waals surface area (Å²) in [7, 11) is 0. The van der Waals surface area contributed by atoms with Gasteiger partial charge in [-0.2, -0.15) is 4.98 Å². The van der Waals surface area contributed by atoms with Crippen LogP contribution >= 0.6 is 0 Å². The first-order valence-electron chi connectivity index (χ1n) is 11.2. The van der Waals surface area contributed by atoms with E-state index in [-0.39, 0.29) is 12.7 Å². The van der Waals surface area contributed by atoms with Crippen molar-refractivity contribution in [2.75, 3.05) is 37.9 Å². The van der Waals surface area contributed by atoms with Crippen LogP contribution in [0.3, 0.4) is 0 Å². The van der Waals surface area contributed by atoms with E-state index in [1.165, 1.54) is 0 Å². The Kier molecular flexibility index (Phi) is 5.01. The molecular formula is C24H24N4O5. The lowest BCUT2D eigenvalue weighted by Gasteiger charge is -2.23. The number of ether oxygens (including phenoxy) is 2. The number of anilines is 1. The minimum atomic E-state index is -0.565. The van der Waals surface area contributed by atoms with E-state index in [1.807, 2.05) is 47.4 Å². The Balaban J connectivity index is 1.05. The molecule has 1 aromatic heterocycles. The van der Waals surface area contributed by atoms with Gasteiger partial charge in [0, 0.05) is 39.0 Å². The first kappa shape index (κ1) is 19.9. The molecule has 1 amide bonds. The smallest absolute Gasteiger partial charge is 0.298 e. The van der Waals surface area contributed by atoms with Crippen LogP contribution in [-0.2, 0) is 16.1 Å². The summed E-state index contributed by atoms with van der Waals surface area (Å²) in [5.74, 6) is 1.48. The molecular weight excluding hydrogens is 424 g/mol. The molecule has 3 aromatic rings. The Morgan fingerprint density at radius 3 is 2.88 bits per heavy atom. The van der Waals surface area contributed by atoms with Gasteiger partial charge < -0.3 is 28.5 Å². The zero-order chi connectivity index (χ0) is 22.2. The van der Waals surface area contributed by atoms with Crippen molar-refractivity contribution in [2.24, 2.45) is 5.16 Å². The van der Waals surface area contributed by atoms with Gasteiger partial charge in [0.1, 0.15) is 5.52 Å². The molecule has 0 saturated carbocycles. The van der Waals surface area contributed by atoms with Crippen molar-refractivity contribution in [3.63, 3.8) is 0 Å². The number of oxime groups is 1. The van der Waals surface area contributed by atoms with Crippen molar-refractivity contribution < 1.29 is 23.5 Å². The maximum Gasteiger partial charge on any atom is 0.298 e. The van der Waals surface area contributed by atoms with Gasteiger partial charge in [0.25, 0.3) is 11.9 Å². The van der Waals surface area contributed by atoms with Crippen LogP contribution in [0.4, 0.5) is 6.01 Å². The summed E-state index contributed by atoms with van der Waals surface area (Å²) in [6.45, 7) is 2.96. The van der Waals surface area contributed by atoms with Crippen LogP contribution in [0.2, 0.25) is 0 Å². The SMILES string of the molecule is O=C([C@@H]1CC(Cc2ccc3c(c2)OCO3)=NO1)N1CCCN(c2nc3ccccc3o2)CC1. The minimum Gasteiger partial charge on any atom is -0.454 e. The molecule has 0 radical (unpaired) electrons. The second kappa shape index (κ2) is 8.31. The standard InChI is InChI=1S/C24H24N4O5/c29-23(22-14-17(26-33-22)12-16-6-7-20-21(13-16)31-15-30-20)27-8-3-9-28(11-10-27)24-25-18-4-1-2-5-19(18)32-24/h1-2,4-7,13,22H,3,8-12,14-15H2/t22-/m0/s1. The number of aromatic nitrogens is 1. The van der Waals surface area contributed by atoms with Crippen LogP contribution in [0.15, 0.2) is 52.0 Å². The molecule has 3 aliphatic heterocycles. The van der Waals surface area contributed by atoms with Crippen molar-refractivity contribution in [1.82, 2.24) is 9.88 Å². The zero-order valence-electron chi connectivity index (χ0n) is 18.1. The van der Waals surface area contributed by atoms with E-state index in [9.17, 15) is 4.79 Å². The predicted octanol–water partition coefficient (Wildman–Crippen LogP) is 2.98. The number of nitrogens with zero attached hydrogens (tertiary/aromatic N) is 4. The number of hydrogen-bond acceptors (Lipinski definition) is 8. The predicted molar refractivity (Wildman–Crippen MR) is 121 cm³/mol. The van der Waals surface area contributed by atoms with Gasteiger partial charge in [-0.25, -0.2) is 0 Å². The van der Waals surface area contributed by atoms with Crippen molar-refractivity contribution in [2.45, 2.75) is 25.4 Å². The Morgan fingerprint density at radius 1 is 1.03 bits per heavy atom. The zero-order valence-corrected chi connectivity index (χ0v) is 18.1. The highest BCUT2D eigenvalue weighted by Gasteiger charge is 2.33. The Labute approximate surface area is 190 Å². The fourth-order valence-corrected chi connectivity index (χ4v) is 4.48. The van der Waals surface area contributed by atoms with Crippen LogP contribution in [0.1, 0.15) is 18.4 Å². The number of para-hydroxylation sites is 2. The van der Waals surface area contributed by atoms with Crippen LogP contribution < -0.4 is 14.4 Å². The van der Waals surface area contributed by atoms with Gasteiger partial charge in [-0.1, -0.05) is 23.4 Å². The molecule has 1 fully saturated rings. The van der Waals surface area contributed by atoms with Gasteiger partial charge in [0.05, 0.1) is 5.71 Å². The second-order valence-electron chi connectivity index (χ2n) is 8.45. The lowest BCUT2D eigenvalue weighted by Crippen LogP contribution is -2.41. The van der Waals surface area contributed by atoms with Gasteiger partial charge in [-0.3, -0.25) is 4.79 Å². The van der Waals surface area contributed by atoms with Gasteiger partial charge in [-0.15, -0.1) is 0 Å². The van der Waals surface area contributed by atoms with Gasteiger partial charge in [0.2, 0.25) is 12.9 Å². The monoisotopic (exact) mass is 448 g/mol. The normalized spacial score (nSPS) is 20.0. The maximum atomic E-state index is 13.1. The third-order valence-electron chi connectivity index (χ3n) is 6.21. The van der Waals surface area contributed by atoms with Crippen LogP contribution in [0, 0.1) is 0 Å². The molecule has 0 bridgehead atoms. The van der Waals surface area contributed by atoms with Crippen LogP contribution in [0.5, 0.6) is 11.5 Å². The number of fused-ring (bicyclic) bond motifs is 2. The van der Waals surface area contributed by atoms with Crippen molar-refractivity contribution in [3.8, 4) is 11.5 Å². The van der Waals surface area contributed by atoms with E-state index < -0.39 is 6.10 Å². The van der Waals surface area contributed by atoms with E-state index in [1.54, 1.807) is 0 Å². The summed E-state index contributed by atoms with van der Waals surface area (Å²) in [5, 5.41) is 4.19. The molecule has 1 atom stereocenters. The number of carbonyl (C=O) groups is 1. The summed E-state index contributed by atoms with van der Waals surface area (Å²) in [5.41, 5.74) is 3.53. The number of oxazole rings is 1. The highest BCUT2D eigenvalue weighted by Crippen LogP contribution is 2.33. The lowest BCUT2D eigenvalue weighted by molar-refractivity contribution is -0.141. The molecule has 0 unspecified atom stereocenters. The topological polar surface area (TPSA) is 89.6 Å². The maximum absolute atomic E-state index is 13.1. The number of rotatable bonds is 4. The van der Waals surface area contributed by atoms with Crippen LogP contribution in [-0.4, -0.2) is 60.6 Å². The van der Waals surface area contributed by atoms with E-state index in [0.29, 0.717) is 38.5 Å². The Bertz CT molecular complexity index is 1190. The largest absolute Gasteiger partial charge is 0.454 e. The van der Waals surface area contributed by atoms with Crippen molar-refractivity contribution >= 4 is 28.7 Å². The lowest BCUT2D eigenvalue weighted by atomic mass is 10.0. The van der Waals surface area contributed by atoms with E-state index in [2.05, 4.69) is 15.0 Å². The highest BCUT2D eigenvalue weighted by molar-refractivity contribution is 5.94. The molecule has 0 spiro atoms. The summed E-state index contributed by atoms with van der Waals surface area (Å²) in [6.07, 6.45) is 1.39. The van der Waals surface area contributed by atoms with Gasteiger partial charge >= 0.3 is 0 Å². The number of amides is 1. The molecule has 3 aliphatic rings. The molecule has 4 heterocycles. The third-order valence-corrected chi connectivity index (χ3v) is 6.21. The molecule has 9 nitrogen and oxygen atoms in total. The Hall–Kier alpha value is -3.75. The summed E-state index contributed by atoms with van der Waals surface area (Å²) in [6, 6.07) is 14.2. The molecule has 33 heavy (non-hydrogen) atoms. The fourth-order valence-electron chi connectivity index (χ4n) is 4.48. The highest BCUT2D eigenvalue weighted by atomic mass is 16.7. The molecule has 0 N–H and O–H groups in total. The number of benzene rings is 2. The molecule has 6 rings (SSSR count). The quantitative estimate of drug-likeness (QED) is 0.606. The first-order chi connectivity index (χ1) is 16.2. The number of carbonyl (C=O) groups excluding carboxylic acids is 1. The average molecular weight is 448 g/mol. The first-order valence-corrected chi connectivity index (χ1v) is 11.2. The molecule has 170 valence electrons. The second-order valence-corrected chi connectivity index (χ2v) is 8.45. The summed E-state index contributed by atoms with van der Waals surface area (Å²) in [4.78, 5) is 27.2. The molecule has 1 saturated heterocycles. The fraction of sp³-hybridized carbons (Fsp3) is 0.375. The van der Waals surface area contributed by atoms with E-state index >= 15 is 0 Å². The average Bonchev–Trinajstić information content (AvgIpc) is 3.55. The van der Waals surface area contributed by atoms with Crippen molar-refractivity contribution in [3.05, 3.63) is 48.0 Å². The van der Waals surface area contributed by atoms with E-state index in [0.717, 1.165) is 46.8 Å². The van der Waals surface area contributed by atoms with Gasteiger partial charge in [-0.05, 0) is 36.2 Å². The summed E-state index contributed by atoms with van der Waals surface area (Å²) >= 11 is 0. The Morgan fingerprint density at radius 2 is 1.94 bits per heavy atom. The third kappa shape index (κ3) is 3.94. The van der Waals surface area contributed by atoms with Crippen molar-refractivity contribution in [1.29, 1.82) is 0 Å². The molecule has 2 aromatic carbocycles. The minimum absolute atomic E-state index is 0.0150. The van der Waals surface area contributed by atoms with Gasteiger partial charge in [0.15, 0.2) is 17.1 Å². The molecule has 9 heteroatoms. The van der Waals surface area contributed by atoms with Crippen LogP contribution in [0.25, 0.3) is 11.1 Å². The van der Waals surface area contributed by atoms with E-state index in [4.69, 9.17) is 18.7 Å².